The minimum Gasteiger partial charge on any atom is -0.481 e. The molecule has 6 heteroatoms. The van der Waals surface area contributed by atoms with Crippen LogP contribution < -0.4 is 0 Å². The first-order valence-corrected chi connectivity index (χ1v) is 9.70. The smallest absolute Gasteiger partial charge is 0.312 e. The number of benzene rings is 1. The summed E-state index contributed by atoms with van der Waals surface area (Å²) in [7, 11) is 0. The maximum Gasteiger partial charge on any atom is 0.312 e. The molecule has 0 aliphatic carbocycles. The molecule has 2 N–H and O–H groups in total. The summed E-state index contributed by atoms with van der Waals surface area (Å²) in [5.41, 5.74) is 0.466. The molecule has 1 aliphatic rings. The van der Waals surface area contributed by atoms with Crippen LogP contribution in [0.15, 0.2) is 41.8 Å². The van der Waals surface area contributed by atoms with Gasteiger partial charge in [0.25, 0.3) is 5.91 Å². The van der Waals surface area contributed by atoms with Gasteiger partial charge in [0.05, 0.1) is 11.5 Å². The topological polar surface area (TPSA) is 77.8 Å². The van der Waals surface area contributed by atoms with Gasteiger partial charge < -0.3 is 15.1 Å². The number of β-amino-alcohol motifs (C(OH)–C–C–N with tert-alkyl or cyclic N) is 1. The Labute approximate surface area is 156 Å². The van der Waals surface area contributed by atoms with Gasteiger partial charge in [-0.2, -0.15) is 0 Å². The van der Waals surface area contributed by atoms with Crippen molar-refractivity contribution in [3.8, 4) is 10.4 Å². The number of hydrogen-bond donors (Lipinski definition) is 2. The molecule has 0 spiro atoms. The van der Waals surface area contributed by atoms with Gasteiger partial charge in [0, 0.05) is 23.5 Å². The first-order valence-electron chi connectivity index (χ1n) is 8.82. The molecule has 2 aromatic rings. The van der Waals surface area contributed by atoms with Gasteiger partial charge in [-0.25, -0.2) is 0 Å². The van der Waals surface area contributed by atoms with E-state index in [9.17, 15) is 19.8 Å². The number of piperidine rings is 1. The fourth-order valence-electron chi connectivity index (χ4n) is 3.66. The van der Waals surface area contributed by atoms with Crippen LogP contribution in [-0.4, -0.2) is 46.2 Å². The van der Waals surface area contributed by atoms with Crippen LogP contribution in [0.4, 0.5) is 0 Å². The fraction of sp³-hybridized carbons (Fsp3) is 0.400. The Morgan fingerprint density at radius 3 is 2.54 bits per heavy atom. The number of aliphatic carboxylic acids is 1. The molecule has 1 amide bonds. The molecule has 0 bridgehead atoms. The van der Waals surface area contributed by atoms with E-state index in [1.54, 1.807) is 28.4 Å². The molecule has 1 aromatic heterocycles. The highest BCUT2D eigenvalue weighted by Crippen LogP contribution is 2.37. The predicted octanol–water partition coefficient (Wildman–Crippen LogP) is 3.49. The van der Waals surface area contributed by atoms with Gasteiger partial charge >= 0.3 is 5.97 Å². The van der Waals surface area contributed by atoms with Crippen molar-refractivity contribution in [1.82, 2.24) is 4.90 Å². The van der Waals surface area contributed by atoms with Gasteiger partial charge in [-0.05, 0) is 42.0 Å². The lowest BCUT2D eigenvalue weighted by molar-refractivity contribution is -0.162. The SMILES string of the molecule is CCC[C@]1(C(=O)O)CCN(C(=O)c2ccc(-c3cccs3)cc2)C[C@H]1O. The van der Waals surface area contributed by atoms with Crippen molar-refractivity contribution in [3.63, 3.8) is 0 Å². The Bertz CT molecular complexity index is 772. The number of amides is 1. The second-order valence-electron chi connectivity index (χ2n) is 6.78. The van der Waals surface area contributed by atoms with Crippen LogP contribution in [0, 0.1) is 5.41 Å². The third-order valence-electron chi connectivity index (χ3n) is 5.21. The van der Waals surface area contributed by atoms with Crippen LogP contribution in [0.2, 0.25) is 0 Å². The molecule has 0 radical (unpaired) electrons. The molecule has 2 atom stereocenters. The Morgan fingerprint density at radius 2 is 2.00 bits per heavy atom. The largest absolute Gasteiger partial charge is 0.481 e. The third kappa shape index (κ3) is 3.39. The second-order valence-corrected chi connectivity index (χ2v) is 7.73. The number of rotatable bonds is 5. The first-order chi connectivity index (χ1) is 12.5. The average molecular weight is 373 g/mol. The quantitative estimate of drug-likeness (QED) is 0.841. The molecule has 0 saturated carbocycles. The van der Waals surface area contributed by atoms with Crippen molar-refractivity contribution in [2.75, 3.05) is 13.1 Å². The fourth-order valence-corrected chi connectivity index (χ4v) is 4.39. The summed E-state index contributed by atoms with van der Waals surface area (Å²) in [5, 5.41) is 22.1. The second kappa shape index (κ2) is 7.60. The lowest BCUT2D eigenvalue weighted by Crippen LogP contribution is -2.56. The summed E-state index contributed by atoms with van der Waals surface area (Å²) in [6, 6.07) is 11.4. The Hall–Kier alpha value is -2.18. The van der Waals surface area contributed by atoms with Crippen LogP contribution in [0.25, 0.3) is 10.4 Å². The van der Waals surface area contributed by atoms with Gasteiger partial charge in [-0.15, -0.1) is 11.3 Å². The number of thiophene rings is 1. The van der Waals surface area contributed by atoms with Crippen LogP contribution in [-0.2, 0) is 4.79 Å². The molecule has 1 fully saturated rings. The highest BCUT2D eigenvalue weighted by atomic mass is 32.1. The summed E-state index contributed by atoms with van der Waals surface area (Å²) in [6.07, 6.45) is 0.321. The molecule has 1 aliphatic heterocycles. The van der Waals surface area contributed by atoms with Gasteiger partial charge in [-0.1, -0.05) is 31.5 Å². The molecular formula is C20H23NO4S. The molecule has 1 saturated heterocycles. The molecular weight excluding hydrogens is 350 g/mol. The van der Waals surface area contributed by atoms with E-state index in [1.165, 1.54) is 0 Å². The van der Waals surface area contributed by atoms with Crippen LogP contribution in [0.1, 0.15) is 36.5 Å². The Balaban J connectivity index is 1.72. The number of carboxylic acids is 1. The number of carbonyl (C=O) groups is 2. The molecule has 3 rings (SSSR count). The molecule has 138 valence electrons. The number of aliphatic hydroxyl groups is 1. The van der Waals surface area contributed by atoms with E-state index in [-0.39, 0.29) is 18.9 Å². The zero-order valence-corrected chi connectivity index (χ0v) is 15.5. The summed E-state index contributed by atoms with van der Waals surface area (Å²) >= 11 is 1.64. The maximum absolute atomic E-state index is 12.8. The number of carbonyl (C=O) groups excluding carboxylic acids is 1. The number of aliphatic hydroxyl groups excluding tert-OH is 1. The minimum absolute atomic E-state index is 0.0534. The van der Waals surface area contributed by atoms with Gasteiger partial charge in [0.15, 0.2) is 0 Å². The zero-order valence-electron chi connectivity index (χ0n) is 14.7. The highest BCUT2D eigenvalue weighted by molar-refractivity contribution is 7.13. The minimum atomic E-state index is -1.14. The van der Waals surface area contributed by atoms with Crippen LogP contribution in [0.5, 0.6) is 0 Å². The van der Waals surface area contributed by atoms with Crippen molar-refractivity contribution in [2.45, 2.75) is 32.3 Å². The normalized spacial score (nSPS) is 23.0. The van der Waals surface area contributed by atoms with E-state index >= 15 is 0 Å². The monoisotopic (exact) mass is 373 g/mol. The van der Waals surface area contributed by atoms with Crippen LogP contribution in [0.3, 0.4) is 0 Å². The standard InChI is InChI=1S/C20H23NO4S/c1-2-9-20(19(24)25)10-11-21(13-17(20)22)18(23)15-7-5-14(6-8-15)16-4-3-12-26-16/h3-8,12,17,22H,2,9-11,13H2,1H3,(H,24,25)/t17-,20+/m1/s1. The van der Waals surface area contributed by atoms with Crippen molar-refractivity contribution in [3.05, 3.63) is 47.3 Å². The lowest BCUT2D eigenvalue weighted by Gasteiger charge is -2.42. The summed E-state index contributed by atoms with van der Waals surface area (Å²) < 4.78 is 0. The Kier molecular flexibility index (Phi) is 5.44. The highest BCUT2D eigenvalue weighted by Gasteiger charge is 2.48. The third-order valence-corrected chi connectivity index (χ3v) is 6.12. The van der Waals surface area contributed by atoms with Crippen molar-refractivity contribution in [1.29, 1.82) is 0 Å². The van der Waals surface area contributed by atoms with E-state index in [0.29, 0.717) is 24.9 Å². The average Bonchev–Trinajstić information content (AvgIpc) is 3.17. The van der Waals surface area contributed by atoms with Crippen molar-refractivity contribution < 1.29 is 19.8 Å². The van der Waals surface area contributed by atoms with E-state index in [2.05, 4.69) is 0 Å². The molecule has 1 aromatic carbocycles. The summed E-state index contributed by atoms with van der Waals surface area (Å²) in [4.78, 5) is 27.2. The van der Waals surface area contributed by atoms with E-state index in [4.69, 9.17) is 0 Å². The van der Waals surface area contributed by atoms with Gasteiger partial charge in [0.1, 0.15) is 0 Å². The van der Waals surface area contributed by atoms with Crippen molar-refractivity contribution >= 4 is 23.2 Å². The molecule has 5 nitrogen and oxygen atoms in total. The van der Waals surface area contributed by atoms with Gasteiger partial charge in [0.2, 0.25) is 0 Å². The van der Waals surface area contributed by atoms with Gasteiger partial charge in [-0.3, -0.25) is 9.59 Å². The molecule has 26 heavy (non-hydrogen) atoms. The maximum atomic E-state index is 12.8. The van der Waals surface area contributed by atoms with E-state index in [0.717, 1.165) is 10.4 Å². The van der Waals surface area contributed by atoms with E-state index < -0.39 is 17.5 Å². The molecule has 0 unspecified atom stereocenters. The lowest BCUT2D eigenvalue weighted by atomic mass is 9.72. The summed E-state index contributed by atoms with van der Waals surface area (Å²) in [6.45, 7) is 2.30. The zero-order chi connectivity index (χ0) is 18.7. The van der Waals surface area contributed by atoms with E-state index in [1.807, 2.05) is 36.6 Å². The van der Waals surface area contributed by atoms with Crippen molar-refractivity contribution in [2.24, 2.45) is 5.41 Å². The van der Waals surface area contributed by atoms with Crippen LogP contribution >= 0.6 is 11.3 Å². The first kappa shape index (κ1) is 18.6. The predicted molar refractivity (Wildman–Crippen MR) is 101 cm³/mol. The number of carboxylic acid groups (broad SMARTS) is 1. The number of hydrogen-bond acceptors (Lipinski definition) is 4. The summed E-state index contributed by atoms with van der Waals surface area (Å²) in [5.74, 6) is -1.14. The number of likely N-dealkylation sites (tertiary alicyclic amines) is 1. The molecule has 2 heterocycles. The number of nitrogens with zero attached hydrogens (tertiary/aromatic N) is 1. The Morgan fingerprint density at radius 1 is 1.27 bits per heavy atom.